The van der Waals surface area contributed by atoms with Gasteiger partial charge in [-0.05, 0) is 61.4 Å². The maximum atomic E-state index is 14.0. The Labute approximate surface area is 250 Å². The van der Waals surface area contributed by atoms with Crippen molar-refractivity contribution in [2.24, 2.45) is 0 Å². The number of benzene rings is 3. The SMILES string of the molecule is CCCCNC(=O)C(C)N(Cc1ccccc1Cl)C(=O)CN(c1ccc(F)cc1)S(=O)(=O)c1ccc2c(c1)OCCO2. The Morgan fingerprint density at radius 1 is 1.02 bits per heavy atom. The second-order valence-corrected chi connectivity index (χ2v) is 12.0. The van der Waals surface area contributed by atoms with Gasteiger partial charge in [0.15, 0.2) is 11.5 Å². The molecule has 0 aromatic heterocycles. The van der Waals surface area contributed by atoms with Gasteiger partial charge < -0.3 is 19.7 Å². The third kappa shape index (κ3) is 7.32. The van der Waals surface area contributed by atoms with Crippen LogP contribution in [-0.4, -0.2) is 57.5 Å². The molecule has 9 nitrogen and oxygen atoms in total. The number of sulfonamides is 1. The fourth-order valence-electron chi connectivity index (χ4n) is 4.38. The molecule has 0 saturated heterocycles. The summed E-state index contributed by atoms with van der Waals surface area (Å²) in [5.41, 5.74) is 0.654. The maximum Gasteiger partial charge on any atom is 0.264 e. The van der Waals surface area contributed by atoms with Crippen molar-refractivity contribution < 1.29 is 31.9 Å². The zero-order valence-electron chi connectivity index (χ0n) is 23.4. The number of hydrogen-bond acceptors (Lipinski definition) is 6. The Bertz CT molecular complexity index is 1520. The predicted molar refractivity (Wildman–Crippen MR) is 158 cm³/mol. The summed E-state index contributed by atoms with van der Waals surface area (Å²) in [4.78, 5) is 28.2. The van der Waals surface area contributed by atoms with Gasteiger partial charge in [0, 0.05) is 24.2 Å². The Morgan fingerprint density at radius 3 is 2.40 bits per heavy atom. The highest BCUT2D eigenvalue weighted by Gasteiger charge is 2.33. The first-order valence-electron chi connectivity index (χ1n) is 13.6. The van der Waals surface area contributed by atoms with E-state index < -0.39 is 34.3 Å². The lowest BCUT2D eigenvalue weighted by molar-refractivity contribution is -0.139. The lowest BCUT2D eigenvalue weighted by atomic mass is 10.1. The molecule has 12 heteroatoms. The van der Waals surface area contributed by atoms with Gasteiger partial charge in [-0.1, -0.05) is 43.1 Å². The van der Waals surface area contributed by atoms with Gasteiger partial charge in [0.2, 0.25) is 11.8 Å². The lowest BCUT2D eigenvalue weighted by Gasteiger charge is -2.32. The van der Waals surface area contributed by atoms with E-state index in [9.17, 15) is 22.4 Å². The summed E-state index contributed by atoms with van der Waals surface area (Å²) in [5.74, 6) is -0.950. The normalized spacial score (nSPS) is 13.2. The van der Waals surface area contributed by atoms with Crippen molar-refractivity contribution in [3.8, 4) is 11.5 Å². The van der Waals surface area contributed by atoms with Crippen molar-refractivity contribution in [1.82, 2.24) is 10.2 Å². The van der Waals surface area contributed by atoms with Crippen LogP contribution in [0.3, 0.4) is 0 Å². The highest BCUT2D eigenvalue weighted by molar-refractivity contribution is 7.92. The largest absolute Gasteiger partial charge is 0.486 e. The topological polar surface area (TPSA) is 105 Å². The molecule has 1 unspecified atom stereocenters. The number of nitrogens with one attached hydrogen (secondary N) is 1. The molecule has 0 saturated carbocycles. The molecule has 0 aliphatic carbocycles. The Hall–Kier alpha value is -3.83. The van der Waals surface area contributed by atoms with E-state index in [0.717, 1.165) is 29.3 Å². The number of nitrogens with zero attached hydrogens (tertiary/aromatic N) is 2. The summed E-state index contributed by atoms with van der Waals surface area (Å²) in [6.07, 6.45) is 1.64. The van der Waals surface area contributed by atoms with Gasteiger partial charge >= 0.3 is 0 Å². The summed E-state index contributed by atoms with van der Waals surface area (Å²) in [7, 11) is -4.37. The van der Waals surface area contributed by atoms with Crippen LogP contribution < -0.4 is 19.1 Å². The quantitative estimate of drug-likeness (QED) is 0.293. The summed E-state index contributed by atoms with van der Waals surface area (Å²) < 4.78 is 53.8. The van der Waals surface area contributed by atoms with Crippen LogP contribution >= 0.6 is 11.6 Å². The van der Waals surface area contributed by atoms with Gasteiger partial charge in [0.05, 0.1) is 10.6 Å². The molecular weight excluding hydrogens is 585 g/mol. The van der Waals surface area contributed by atoms with E-state index in [-0.39, 0.29) is 35.4 Å². The van der Waals surface area contributed by atoms with Crippen LogP contribution in [0.2, 0.25) is 5.02 Å². The number of rotatable bonds is 12. The molecule has 4 rings (SSSR count). The first-order valence-corrected chi connectivity index (χ1v) is 15.4. The number of hydrogen-bond donors (Lipinski definition) is 1. The van der Waals surface area contributed by atoms with Crippen LogP contribution in [0.5, 0.6) is 11.5 Å². The minimum atomic E-state index is -4.37. The molecule has 1 aliphatic heterocycles. The zero-order chi connectivity index (χ0) is 30.3. The first-order chi connectivity index (χ1) is 20.1. The van der Waals surface area contributed by atoms with Crippen LogP contribution in [0.1, 0.15) is 32.3 Å². The van der Waals surface area contributed by atoms with Crippen LogP contribution in [0.25, 0.3) is 0 Å². The minimum Gasteiger partial charge on any atom is -0.486 e. The summed E-state index contributed by atoms with van der Waals surface area (Å²) in [6, 6.07) is 14.9. The number of unbranched alkanes of at least 4 members (excludes halogenated alkanes) is 1. The van der Waals surface area contributed by atoms with E-state index in [2.05, 4.69) is 5.32 Å². The van der Waals surface area contributed by atoms with E-state index in [0.29, 0.717) is 29.5 Å². The summed E-state index contributed by atoms with van der Waals surface area (Å²) in [5, 5.41) is 3.23. The third-order valence-electron chi connectivity index (χ3n) is 6.79. The van der Waals surface area contributed by atoms with Gasteiger partial charge in [0.25, 0.3) is 10.0 Å². The van der Waals surface area contributed by atoms with E-state index in [1.54, 1.807) is 31.2 Å². The average Bonchev–Trinajstić information content (AvgIpc) is 2.99. The van der Waals surface area contributed by atoms with E-state index >= 15 is 0 Å². The highest BCUT2D eigenvalue weighted by atomic mass is 35.5. The third-order valence-corrected chi connectivity index (χ3v) is 8.93. The molecule has 42 heavy (non-hydrogen) atoms. The molecule has 0 spiro atoms. The fourth-order valence-corrected chi connectivity index (χ4v) is 6.00. The number of halogens is 2. The van der Waals surface area contributed by atoms with E-state index in [4.69, 9.17) is 21.1 Å². The Balaban J connectivity index is 1.70. The first kappa shape index (κ1) is 31.1. The van der Waals surface area contributed by atoms with Gasteiger partial charge in [-0.3, -0.25) is 13.9 Å². The number of amides is 2. The molecule has 1 N–H and O–H groups in total. The molecule has 0 bridgehead atoms. The number of carbonyl (C=O) groups is 2. The summed E-state index contributed by atoms with van der Waals surface area (Å²) >= 11 is 6.38. The molecule has 1 atom stereocenters. The van der Waals surface area contributed by atoms with Gasteiger partial charge in [-0.15, -0.1) is 0 Å². The standard InChI is InChI=1S/C30H33ClFN3O6S/c1-3-4-15-33-30(37)21(2)34(19-22-7-5-6-8-26(22)31)29(36)20-35(24-11-9-23(32)10-12-24)42(38,39)25-13-14-27-28(18-25)41-17-16-40-27/h5-14,18,21H,3-4,15-17,19-20H2,1-2H3,(H,33,37). The molecule has 3 aromatic rings. The van der Waals surface area contributed by atoms with E-state index in [1.807, 2.05) is 6.92 Å². The number of fused-ring (bicyclic) bond motifs is 1. The van der Waals surface area contributed by atoms with Gasteiger partial charge in [-0.2, -0.15) is 0 Å². The van der Waals surface area contributed by atoms with Crippen molar-refractivity contribution in [1.29, 1.82) is 0 Å². The van der Waals surface area contributed by atoms with Crippen molar-refractivity contribution in [3.63, 3.8) is 0 Å². The lowest BCUT2D eigenvalue weighted by Crippen LogP contribution is -2.51. The van der Waals surface area contributed by atoms with Crippen LogP contribution in [-0.2, 0) is 26.2 Å². The molecule has 3 aromatic carbocycles. The van der Waals surface area contributed by atoms with Crippen LogP contribution in [0.4, 0.5) is 10.1 Å². The summed E-state index contributed by atoms with van der Waals surface area (Å²) in [6.45, 7) is 3.89. The average molecular weight is 618 g/mol. The van der Waals surface area contributed by atoms with Crippen molar-refractivity contribution in [2.75, 3.05) is 30.6 Å². The molecule has 1 aliphatic rings. The van der Waals surface area contributed by atoms with E-state index in [1.165, 1.54) is 35.2 Å². The molecule has 0 fully saturated rings. The Kier molecular flexibility index (Phi) is 10.3. The molecule has 2 amide bonds. The fraction of sp³-hybridized carbons (Fsp3) is 0.333. The van der Waals surface area contributed by atoms with Crippen molar-refractivity contribution in [3.05, 3.63) is 83.1 Å². The predicted octanol–water partition coefficient (Wildman–Crippen LogP) is 4.78. The molecule has 224 valence electrons. The zero-order valence-corrected chi connectivity index (χ0v) is 25.0. The highest BCUT2D eigenvalue weighted by Crippen LogP contribution is 2.34. The second-order valence-electron chi connectivity index (χ2n) is 9.73. The molecule has 0 radical (unpaired) electrons. The minimum absolute atomic E-state index is 0.0395. The second kappa shape index (κ2) is 13.9. The van der Waals surface area contributed by atoms with Crippen molar-refractivity contribution >= 4 is 39.1 Å². The van der Waals surface area contributed by atoms with Gasteiger partial charge in [0.1, 0.15) is 31.6 Å². The van der Waals surface area contributed by atoms with Gasteiger partial charge in [-0.25, -0.2) is 12.8 Å². The van der Waals surface area contributed by atoms with Crippen LogP contribution in [0.15, 0.2) is 71.6 Å². The monoisotopic (exact) mass is 617 g/mol. The molecular formula is C30H33ClFN3O6S. The van der Waals surface area contributed by atoms with Crippen molar-refractivity contribution in [2.45, 2.75) is 44.2 Å². The number of carbonyl (C=O) groups excluding carboxylic acids is 2. The number of anilines is 1. The molecule has 1 heterocycles. The number of ether oxygens (including phenoxy) is 2. The van der Waals surface area contributed by atoms with Crippen LogP contribution in [0, 0.1) is 5.82 Å². The Morgan fingerprint density at radius 2 is 1.71 bits per heavy atom. The smallest absolute Gasteiger partial charge is 0.264 e. The maximum absolute atomic E-state index is 14.0.